The van der Waals surface area contributed by atoms with E-state index in [9.17, 15) is 21.6 Å². The Morgan fingerprint density at radius 1 is 1.00 bits per heavy atom. The van der Waals surface area contributed by atoms with Gasteiger partial charge in [-0.05, 0) is 36.4 Å². The zero-order valence-electron chi connectivity index (χ0n) is 15.6. The van der Waals surface area contributed by atoms with Crippen LogP contribution in [-0.4, -0.2) is 31.3 Å². The molecule has 0 atom stereocenters. The Morgan fingerprint density at radius 3 is 2.27 bits per heavy atom. The van der Waals surface area contributed by atoms with Crippen LogP contribution < -0.4 is 14.8 Å². The zero-order chi connectivity index (χ0) is 21.8. The molecule has 2 aromatic carbocycles. The van der Waals surface area contributed by atoms with Crippen molar-refractivity contribution in [1.29, 1.82) is 0 Å². The summed E-state index contributed by atoms with van der Waals surface area (Å²) in [6.07, 6.45) is -3.43. The summed E-state index contributed by atoms with van der Waals surface area (Å²) in [5.41, 5.74) is 1.71. The molecule has 0 aliphatic heterocycles. The van der Waals surface area contributed by atoms with Crippen LogP contribution in [0.25, 0.3) is 11.3 Å². The van der Waals surface area contributed by atoms with Crippen LogP contribution in [0.15, 0.2) is 65.8 Å². The lowest BCUT2D eigenvalue weighted by molar-refractivity contribution is -0.274. The van der Waals surface area contributed by atoms with E-state index in [1.54, 1.807) is 25.1 Å². The van der Waals surface area contributed by atoms with Gasteiger partial charge in [-0.1, -0.05) is 19.1 Å². The predicted molar refractivity (Wildman–Crippen MR) is 105 cm³/mol. The molecule has 0 radical (unpaired) electrons. The molecule has 0 unspecified atom stereocenters. The summed E-state index contributed by atoms with van der Waals surface area (Å²) < 4.78 is 67.0. The van der Waals surface area contributed by atoms with Crippen LogP contribution in [0.4, 0.5) is 24.7 Å². The maximum absolute atomic E-state index is 12.2. The molecule has 1 heterocycles. The molecule has 0 saturated heterocycles. The average Bonchev–Trinajstić information content (AvgIpc) is 2.69. The molecular weight excluding hydrogens is 421 g/mol. The summed E-state index contributed by atoms with van der Waals surface area (Å²) in [4.78, 5) is 8.40. The number of rotatable bonds is 7. The van der Waals surface area contributed by atoms with E-state index in [-0.39, 0.29) is 17.2 Å². The van der Waals surface area contributed by atoms with Crippen molar-refractivity contribution in [1.82, 2.24) is 14.7 Å². The first-order valence-corrected chi connectivity index (χ1v) is 10.2. The van der Waals surface area contributed by atoms with E-state index in [0.29, 0.717) is 22.8 Å². The number of nitrogens with zero attached hydrogens (tertiary/aromatic N) is 2. The van der Waals surface area contributed by atoms with Crippen molar-refractivity contribution in [2.75, 3.05) is 11.9 Å². The number of aromatic nitrogens is 2. The van der Waals surface area contributed by atoms with E-state index >= 15 is 0 Å². The van der Waals surface area contributed by atoms with E-state index < -0.39 is 16.4 Å². The van der Waals surface area contributed by atoms with Crippen LogP contribution in [0.1, 0.15) is 6.92 Å². The largest absolute Gasteiger partial charge is 0.573 e. The normalized spacial score (nSPS) is 11.9. The summed E-state index contributed by atoms with van der Waals surface area (Å²) in [6, 6.07) is 13.0. The van der Waals surface area contributed by atoms with Crippen LogP contribution in [0.5, 0.6) is 5.75 Å². The van der Waals surface area contributed by atoms with Gasteiger partial charge in [0.25, 0.3) is 0 Å². The number of benzene rings is 2. The number of hydrogen-bond acceptors (Lipinski definition) is 6. The number of ether oxygens (including phenoxy) is 1. The smallest absolute Gasteiger partial charge is 0.406 e. The highest BCUT2D eigenvalue weighted by molar-refractivity contribution is 7.89. The molecule has 0 bridgehead atoms. The van der Waals surface area contributed by atoms with Crippen LogP contribution in [0, 0.1) is 0 Å². The zero-order valence-corrected chi connectivity index (χ0v) is 16.5. The second kappa shape index (κ2) is 8.67. The Hall–Kier alpha value is -3.18. The van der Waals surface area contributed by atoms with Gasteiger partial charge in [-0.3, -0.25) is 0 Å². The van der Waals surface area contributed by atoms with E-state index in [1.807, 2.05) is 0 Å². The fraction of sp³-hybridized carbons (Fsp3) is 0.158. The first kappa shape index (κ1) is 21.5. The van der Waals surface area contributed by atoms with Gasteiger partial charge in [-0.15, -0.1) is 13.2 Å². The molecule has 2 N–H and O–H groups in total. The van der Waals surface area contributed by atoms with Crippen LogP contribution in [-0.2, 0) is 10.0 Å². The second-order valence-corrected chi connectivity index (χ2v) is 7.78. The van der Waals surface area contributed by atoms with Gasteiger partial charge in [0.2, 0.25) is 10.0 Å². The highest BCUT2D eigenvalue weighted by atomic mass is 32.2. The third-order valence-electron chi connectivity index (χ3n) is 3.82. The van der Waals surface area contributed by atoms with E-state index in [0.717, 1.165) is 0 Å². The number of nitrogens with one attached hydrogen (secondary N) is 2. The summed E-state index contributed by atoms with van der Waals surface area (Å²) in [7, 11) is -3.55. The van der Waals surface area contributed by atoms with E-state index in [1.165, 1.54) is 42.7 Å². The minimum Gasteiger partial charge on any atom is -0.406 e. The lowest BCUT2D eigenvalue weighted by Gasteiger charge is -2.10. The number of halogens is 3. The van der Waals surface area contributed by atoms with Crippen molar-refractivity contribution in [2.24, 2.45) is 0 Å². The van der Waals surface area contributed by atoms with Crippen LogP contribution in [0.2, 0.25) is 0 Å². The Balaban J connectivity index is 1.75. The third kappa shape index (κ3) is 5.67. The first-order chi connectivity index (χ1) is 14.2. The van der Waals surface area contributed by atoms with Gasteiger partial charge in [-0.25, -0.2) is 23.1 Å². The van der Waals surface area contributed by atoms with Gasteiger partial charge in [-0.2, -0.15) is 0 Å². The Bertz CT molecular complexity index is 1100. The molecule has 0 saturated carbocycles. The first-order valence-electron chi connectivity index (χ1n) is 8.71. The average molecular weight is 438 g/mol. The molecule has 3 rings (SSSR count). The molecular formula is C19H17F3N4O3S. The minimum absolute atomic E-state index is 0.140. The summed E-state index contributed by atoms with van der Waals surface area (Å²) in [6.45, 7) is 1.98. The highest BCUT2D eigenvalue weighted by Gasteiger charge is 2.30. The van der Waals surface area contributed by atoms with E-state index in [2.05, 4.69) is 24.7 Å². The van der Waals surface area contributed by atoms with E-state index in [4.69, 9.17) is 0 Å². The minimum atomic E-state index is -4.75. The highest BCUT2D eigenvalue weighted by Crippen LogP contribution is 2.26. The molecule has 3 aromatic rings. The monoisotopic (exact) mass is 438 g/mol. The van der Waals surface area contributed by atoms with Crippen molar-refractivity contribution in [2.45, 2.75) is 18.2 Å². The maximum atomic E-state index is 12.2. The Labute approximate surface area is 171 Å². The molecule has 30 heavy (non-hydrogen) atoms. The van der Waals surface area contributed by atoms with Gasteiger partial charge in [0.1, 0.15) is 17.9 Å². The fourth-order valence-corrected chi connectivity index (χ4v) is 3.59. The molecule has 11 heteroatoms. The third-order valence-corrected chi connectivity index (χ3v) is 5.38. The molecule has 0 aliphatic carbocycles. The fourth-order valence-electron chi connectivity index (χ4n) is 2.55. The predicted octanol–water partition coefficient (Wildman–Crippen LogP) is 4.08. The van der Waals surface area contributed by atoms with Crippen molar-refractivity contribution in [3.8, 4) is 17.0 Å². The topological polar surface area (TPSA) is 93.2 Å². The van der Waals surface area contributed by atoms with Crippen LogP contribution >= 0.6 is 0 Å². The van der Waals surface area contributed by atoms with Crippen molar-refractivity contribution < 1.29 is 26.3 Å². The Morgan fingerprint density at radius 2 is 1.67 bits per heavy atom. The maximum Gasteiger partial charge on any atom is 0.573 e. The molecule has 1 aromatic heterocycles. The van der Waals surface area contributed by atoms with Gasteiger partial charge >= 0.3 is 6.36 Å². The van der Waals surface area contributed by atoms with Crippen LogP contribution in [0.3, 0.4) is 0 Å². The van der Waals surface area contributed by atoms with Gasteiger partial charge in [0.15, 0.2) is 0 Å². The summed E-state index contributed by atoms with van der Waals surface area (Å²) in [5, 5.41) is 2.96. The lowest BCUT2D eigenvalue weighted by atomic mass is 10.1. The number of hydrogen-bond donors (Lipinski definition) is 2. The van der Waals surface area contributed by atoms with Gasteiger partial charge in [0.05, 0.1) is 10.6 Å². The molecule has 0 spiro atoms. The number of anilines is 2. The SMILES string of the molecule is CCNS(=O)(=O)c1ccc(-c2cc(Nc3ccc(OC(F)(F)F)cc3)ncn2)cc1. The second-order valence-electron chi connectivity index (χ2n) is 6.01. The van der Waals surface area contributed by atoms with Crippen molar-refractivity contribution in [3.63, 3.8) is 0 Å². The number of alkyl halides is 3. The van der Waals surface area contributed by atoms with Crippen molar-refractivity contribution in [3.05, 3.63) is 60.9 Å². The summed E-state index contributed by atoms with van der Waals surface area (Å²) >= 11 is 0. The molecule has 0 aliphatic rings. The molecule has 158 valence electrons. The lowest BCUT2D eigenvalue weighted by Crippen LogP contribution is -2.22. The quantitative estimate of drug-likeness (QED) is 0.577. The summed E-state index contributed by atoms with van der Waals surface area (Å²) in [5.74, 6) is 0.0814. The standard InChI is InChI=1S/C19H17F3N4O3S/c1-2-25-30(27,28)16-9-3-13(4-10-16)17-11-18(24-12-23-17)26-14-5-7-15(8-6-14)29-19(20,21)22/h3-12,25H,2H2,1H3,(H,23,24,26). The molecule has 0 fully saturated rings. The van der Waals surface area contributed by atoms with Gasteiger partial charge in [0, 0.05) is 23.9 Å². The van der Waals surface area contributed by atoms with Gasteiger partial charge < -0.3 is 10.1 Å². The molecule has 7 nitrogen and oxygen atoms in total. The van der Waals surface area contributed by atoms with Crippen molar-refractivity contribution >= 4 is 21.5 Å². The Kier molecular flexibility index (Phi) is 6.22. The molecule has 0 amide bonds. The number of sulfonamides is 1.